The van der Waals surface area contributed by atoms with Crippen molar-refractivity contribution >= 4 is 0 Å². The normalized spacial score (nSPS) is 25.8. The number of halogens is 1. The van der Waals surface area contributed by atoms with Gasteiger partial charge in [-0.1, -0.05) is 19.1 Å². The van der Waals surface area contributed by atoms with Crippen LogP contribution < -0.4 is 5.73 Å². The molecule has 1 aromatic rings. The highest BCUT2D eigenvalue weighted by molar-refractivity contribution is 5.34. The average Bonchev–Trinajstić information content (AvgIpc) is 2.39. The predicted octanol–water partition coefficient (Wildman–Crippen LogP) is 2.35. The third kappa shape index (κ3) is 1.90. The van der Waals surface area contributed by atoms with Crippen LogP contribution in [0.3, 0.4) is 0 Å². The third-order valence-electron chi connectivity index (χ3n) is 3.02. The van der Waals surface area contributed by atoms with E-state index in [9.17, 15) is 4.39 Å². The highest BCUT2D eigenvalue weighted by Crippen LogP contribution is 2.34. The Balaban J connectivity index is 2.51. The summed E-state index contributed by atoms with van der Waals surface area (Å²) in [5, 5.41) is 0. The van der Waals surface area contributed by atoms with E-state index in [-0.39, 0.29) is 11.9 Å². The first-order valence-electron chi connectivity index (χ1n) is 5.34. The van der Waals surface area contributed by atoms with Crippen LogP contribution in [0.2, 0.25) is 0 Å². The number of fused-ring (bicyclic) bond motifs is 1. The van der Waals surface area contributed by atoms with E-state index in [1.54, 1.807) is 6.07 Å². The molecule has 0 unspecified atom stereocenters. The third-order valence-corrected chi connectivity index (χ3v) is 3.02. The second-order valence-corrected chi connectivity index (χ2v) is 4.03. The van der Waals surface area contributed by atoms with Crippen molar-refractivity contribution in [2.75, 3.05) is 13.2 Å². The van der Waals surface area contributed by atoms with Crippen LogP contribution in [-0.2, 0) is 4.74 Å². The molecule has 0 fully saturated rings. The van der Waals surface area contributed by atoms with Gasteiger partial charge in [-0.25, -0.2) is 4.39 Å². The van der Waals surface area contributed by atoms with Crippen LogP contribution in [0, 0.1) is 5.82 Å². The molecule has 0 aliphatic carbocycles. The molecule has 0 aromatic heterocycles. The van der Waals surface area contributed by atoms with Crippen LogP contribution in [-0.4, -0.2) is 13.2 Å². The minimum absolute atomic E-state index is 0.197. The van der Waals surface area contributed by atoms with E-state index in [1.165, 1.54) is 6.07 Å². The van der Waals surface area contributed by atoms with Gasteiger partial charge in [-0.15, -0.1) is 0 Å². The van der Waals surface area contributed by atoms with Crippen molar-refractivity contribution in [1.29, 1.82) is 0 Å². The van der Waals surface area contributed by atoms with Gasteiger partial charge in [0, 0.05) is 18.7 Å². The lowest BCUT2D eigenvalue weighted by atomic mass is 9.91. The van der Waals surface area contributed by atoms with Gasteiger partial charge in [0.25, 0.3) is 0 Å². The van der Waals surface area contributed by atoms with E-state index in [2.05, 4.69) is 6.92 Å². The number of rotatable bonds is 1. The molecule has 2 N–H and O–H groups in total. The largest absolute Gasteiger partial charge is 0.372 e. The van der Waals surface area contributed by atoms with Crippen molar-refractivity contribution in [3.8, 4) is 0 Å². The molecule has 0 saturated heterocycles. The van der Waals surface area contributed by atoms with Crippen molar-refractivity contribution in [2.45, 2.75) is 25.4 Å². The number of hydrogen-bond donors (Lipinski definition) is 1. The van der Waals surface area contributed by atoms with Gasteiger partial charge in [0.15, 0.2) is 0 Å². The predicted molar refractivity (Wildman–Crippen MR) is 57.2 cm³/mol. The van der Waals surface area contributed by atoms with Crippen LogP contribution in [0.15, 0.2) is 18.2 Å². The van der Waals surface area contributed by atoms with Gasteiger partial charge in [0.2, 0.25) is 0 Å². The molecule has 0 bridgehead atoms. The molecule has 2 rings (SSSR count). The van der Waals surface area contributed by atoms with Crippen LogP contribution in [0.5, 0.6) is 0 Å². The molecular weight excluding hydrogens is 193 g/mol. The zero-order valence-corrected chi connectivity index (χ0v) is 8.87. The lowest BCUT2D eigenvalue weighted by Crippen LogP contribution is -2.17. The Kier molecular flexibility index (Phi) is 3.03. The summed E-state index contributed by atoms with van der Waals surface area (Å²) in [6.07, 6.45) is 0.638. The number of nitrogens with two attached hydrogens (primary N) is 1. The van der Waals surface area contributed by atoms with E-state index in [0.29, 0.717) is 24.6 Å². The standard InChI is InChI=1S/C12H16FNO/c1-8-5-6-15-11(7-14)12-9(8)3-2-4-10(12)13/h2-4,8,11H,5-7,14H2,1H3/t8-,11-/m0/s1. The topological polar surface area (TPSA) is 35.2 Å². The van der Waals surface area contributed by atoms with Crippen LogP contribution in [0.25, 0.3) is 0 Å². The second kappa shape index (κ2) is 4.29. The van der Waals surface area contributed by atoms with Crippen LogP contribution in [0.4, 0.5) is 4.39 Å². The molecule has 82 valence electrons. The SMILES string of the molecule is C[C@H]1CCO[C@@H](CN)c2c(F)cccc21. The molecular formula is C12H16FNO. The van der Waals surface area contributed by atoms with Crippen molar-refractivity contribution in [3.63, 3.8) is 0 Å². The Bertz CT molecular complexity index is 353. The summed E-state index contributed by atoms with van der Waals surface area (Å²) < 4.78 is 19.3. The zero-order chi connectivity index (χ0) is 10.8. The number of benzene rings is 1. The van der Waals surface area contributed by atoms with Crippen LogP contribution >= 0.6 is 0 Å². The minimum Gasteiger partial charge on any atom is -0.372 e. The molecule has 1 heterocycles. The summed E-state index contributed by atoms with van der Waals surface area (Å²) in [5.74, 6) is 0.143. The van der Waals surface area contributed by atoms with E-state index in [0.717, 1.165) is 12.0 Å². The molecule has 0 saturated carbocycles. The van der Waals surface area contributed by atoms with Crippen LogP contribution in [0.1, 0.15) is 36.5 Å². The highest BCUT2D eigenvalue weighted by Gasteiger charge is 2.24. The summed E-state index contributed by atoms with van der Waals surface area (Å²) in [6, 6.07) is 5.20. The smallest absolute Gasteiger partial charge is 0.129 e. The average molecular weight is 209 g/mol. The second-order valence-electron chi connectivity index (χ2n) is 4.03. The molecule has 3 heteroatoms. The van der Waals surface area contributed by atoms with Gasteiger partial charge in [-0.2, -0.15) is 0 Å². The van der Waals surface area contributed by atoms with Crippen molar-refractivity contribution < 1.29 is 9.13 Å². The summed E-state index contributed by atoms with van der Waals surface area (Å²) >= 11 is 0. The molecule has 0 radical (unpaired) electrons. The lowest BCUT2D eigenvalue weighted by molar-refractivity contribution is 0.0590. The molecule has 1 aromatic carbocycles. The van der Waals surface area contributed by atoms with E-state index in [4.69, 9.17) is 10.5 Å². The van der Waals surface area contributed by atoms with Gasteiger partial charge in [-0.05, 0) is 24.0 Å². The quantitative estimate of drug-likeness (QED) is 0.770. The summed E-state index contributed by atoms with van der Waals surface area (Å²) in [4.78, 5) is 0. The van der Waals surface area contributed by atoms with Crippen molar-refractivity contribution in [3.05, 3.63) is 35.1 Å². The molecule has 1 aliphatic heterocycles. The maximum atomic E-state index is 13.7. The first-order valence-corrected chi connectivity index (χ1v) is 5.34. The Morgan fingerprint density at radius 1 is 1.53 bits per heavy atom. The Labute approximate surface area is 89.2 Å². The molecule has 0 spiro atoms. The van der Waals surface area contributed by atoms with Gasteiger partial charge >= 0.3 is 0 Å². The summed E-state index contributed by atoms with van der Waals surface area (Å²) in [5.41, 5.74) is 7.31. The Hall–Kier alpha value is -0.930. The fraction of sp³-hybridized carbons (Fsp3) is 0.500. The molecule has 2 nitrogen and oxygen atoms in total. The maximum Gasteiger partial charge on any atom is 0.129 e. The Morgan fingerprint density at radius 3 is 3.07 bits per heavy atom. The van der Waals surface area contributed by atoms with Crippen molar-refractivity contribution in [2.24, 2.45) is 5.73 Å². The van der Waals surface area contributed by atoms with Crippen molar-refractivity contribution in [1.82, 2.24) is 0 Å². The lowest BCUT2D eigenvalue weighted by Gasteiger charge is -2.17. The summed E-state index contributed by atoms with van der Waals surface area (Å²) in [7, 11) is 0. The number of hydrogen-bond acceptors (Lipinski definition) is 2. The first kappa shape index (κ1) is 10.6. The Morgan fingerprint density at radius 2 is 2.33 bits per heavy atom. The zero-order valence-electron chi connectivity index (χ0n) is 8.87. The molecule has 1 aliphatic rings. The maximum absolute atomic E-state index is 13.7. The first-order chi connectivity index (χ1) is 7.24. The fourth-order valence-corrected chi connectivity index (χ4v) is 2.13. The molecule has 15 heavy (non-hydrogen) atoms. The monoisotopic (exact) mass is 209 g/mol. The molecule has 2 atom stereocenters. The minimum atomic E-state index is -0.286. The number of ether oxygens (including phenoxy) is 1. The summed E-state index contributed by atoms with van der Waals surface area (Å²) in [6.45, 7) is 3.08. The van der Waals surface area contributed by atoms with E-state index in [1.807, 2.05) is 6.07 Å². The van der Waals surface area contributed by atoms with Gasteiger partial charge < -0.3 is 10.5 Å². The molecule has 0 amide bonds. The highest BCUT2D eigenvalue weighted by atomic mass is 19.1. The van der Waals surface area contributed by atoms with Gasteiger partial charge in [0.05, 0.1) is 6.10 Å². The van der Waals surface area contributed by atoms with E-state index >= 15 is 0 Å². The van der Waals surface area contributed by atoms with E-state index < -0.39 is 0 Å². The van der Waals surface area contributed by atoms with Gasteiger partial charge in [0.1, 0.15) is 5.82 Å². The fourth-order valence-electron chi connectivity index (χ4n) is 2.13. The van der Waals surface area contributed by atoms with Gasteiger partial charge in [-0.3, -0.25) is 0 Å².